The number of hydrazine groups is 1. The van der Waals surface area contributed by atoms with Crippen LogP contribution < -0.4 is 16.2 Å². The molecule has 6 nitrogen and oxygen atoms in total. The molecule has 0 aliphatic carbocycles. The minimum atomic E-state index is 0.682. The third-order valence-electron chi connectivity index (χ3n) is 4.76. The minimum absolute atomic E-state index is 0.682. The average molecular weight is 290 g/mol. The fraction of sp³-hybridized carbons (Fsp3) is 0.733. The molecular formula is C15H26N6. The van der Waals surface area contributed by atoms with Crippen molar-refractivity contribution in [2.75, 3.05) is 36.5 Å². The van der Waals surface area contributed by atoms with Crippen LogP contribution in [0.5, 0.6) is 0 Å². The molecule has 21 heavy (non-hydrogen) atoms. The maximum Gasteiger partial charge on any atom is 0.148 e. The molecule has 0 aromatic carbocycles. The lowest BCUT2D eigenvalue weighted by Crippen LogP contribution is -2.55. The Labute approximate surface area is 126 Å². The Bertz CT molecular complexity index is 503. The van der Waals surface area contributed by atoms with Gasteiger partial charge in [0.1, 0.15) is 17.5 Å². The van der Waals surface area contributed by atoms with Crippen molar-refractivity contribution in [2.24, 2.45) is 5.84 Å². The molecular weight excluding hydrogens is 264 g/mol. The molecule has 2 fully saturated rings. The van der Waals surface area contributed by atoms with Crippen LogP contribution in [0.3, 0.4) is 0 Å². The van der Waals surface area contributed by atoms with E-state index < -0.39 is 0 Å². The van der Waals surface area contributed by atoms with E-state index in [-0.39, 0.29) is 0 Å². The molecule has 0 spiro atoms. The molecule has 6 heteroatoms. The summed E-state index contributed by atoms with van der Waals surface area (Å²) < 4.78 is 0. The summed E-state index contributed by atoms with van der Waals surface area (Å²) in [5.74, 6) is 8.28. The van der Waals surface area contributed by atoms with Crippen molar-refractivity contribution in [2.45, 2.75) is 45.6 Å². The van der Waals surface area contributed by atoms with Gasteiger partial charge in [-0.05, 0) is 26.3 Å². The monoisotopic (exact) mass is 290 g/mol. The third-order valence-corrected chi connectivity index (χ3v) is 4.76. The van der Waals surface area contributed by atoms with Gasteiger partial charge in [0.15, 0.2) is 0 Å². The van der Waals surface area contributed by atoms with Crippen LogP contribution in [0.2, 0.25) is 0 Å². The van der Waals surface area contributed by atoms with Crippen LogP contribution in [-0.2, 0) is 6.42 Å². The number of fused-ring (bicyclic) bond motifs is 1. The van der Waals surface area contributed by atoms with Crippen molar-refractivity contribution in [1.29, 1.82) is 0 Å². The molecule has 0 saturated carbocycles. The van der Waals surface area contributed by atoms with Gasteiger partial charge < -0.3 is 10.3 Å². The summed E-state index contributed by atoms with van der Waals surface area (Å²) >= 11 is 0. The molecule has 0 radical (unpaired) electrons. The first-order valence-corrected chi connectivity index (χ1v) is 8.06. The van der Waals surface area contributed by atoms with Crippen LogP contribution in [0.4, 0.5) is 11.6 Å². The summed E-state index contributed by atoms with van der Waals surface area (Å²) in [6, 6.07) is 0.682. The number of aryl methyl sites for hydroxylation is 1. The highest BCUT2D eigenvalue weighted by Crippen LogP contribution is 2.28. The van der Waals surface area contributed by atoms with Crippen molar-refractivity contribution in [1.82, 2.24) is 14.9 Å². The van der Waals surface area contributed by atoms with E-state index in [0.717, 1.165) is 49.1 Å². The van der Waals surface area contributed by atoms with Gasteiger partial charge in [-0.25, -0.2) is 15.8 Å². The highest BCUT2D eigenvalue weighted by atomic mass is 15.3. The number of piperidine rings is 1. The quantitative estimate of drug-likeness (QED) is 0.646. The van der Waals surface area contributed by atoms with Crippen LogP contribution in [0.25, 0.3) is 0 Å². The van der Waals surface area contributed by atoms with E-state index in [1.54, 1.807) is 0 Å². The zero-order valence-electron chi connectivity index (χ0n) is 13.1. The number of nitrogens with one attached hydrogen (secondary N) is 1. The summed E-state index contributed by atoms with van der Waals surface area (Å²) in [5, 5.41) is 0. The van der Waals surface area contributed by atoms with Crippen LogP contribution in [-0.4, -0.2) is 47.1 Å². The van der Waals surface area contributed by atoms with Crippen molar-refractivity contribution in [3.8, 4) is 0 Å². The van der Waals surface area contributed by atoms with Gasteiger partial charge >= 0.3 is 0 Å². The maximum absolute atomic E-state index is 5.61. The van der Waals surface area contributed by atoms with E-state index in [1.807, 2.05) is 0 Å². The van der Waals surface area contributed by atoms with Crippen LogP contribution in [0, 0.1) is 6.92 Å². The molecule has 0 bridgehead atoms. The van der Waals surface area contributed by atoms with Crippen molar-refractivity contribution >= 4 is 11.6 Å². The van der Waals surface area contributed by atoms with Gasteiger partial charge in [-0.3, -0.25) is 4.90 Å². The van der Waals surface area contributed by atoms with Gasteiger partial charge in [-0.15, -0.1) is 0 Å². The van der Waals surface area contributed by atoms with Crippen LogP contribution in [0.1, 0.15) is 37.6 Å². The minimum Gasteiger partial charge on any atom is -0.353 e. The first-order valence-electron chi connectivity index (χ1n) is 8.06. The summed E-state index contributed by atoms with van der Waals surface area (Å²) in [6.45, 7) is 8.65. The molecule has 2 aliphatic rings. The maximum atomic E-state index is 5.61. The number of hydrogen-bond donors (Lipinski definition) is 2. The van der Waals surface area contributed by atoms with Gasteiger partial charge in [-0.2, -0.15) is 0 Å². The second kappa shape index (κ2) is 6.15. The number of nitrogen functional groups attached to an aromatic ring is 1. The fourth-order valence-electron chi connectivity index (χ4n) is 3.50. The van der Waals surface area contributed by atoms with Crippen molar-refractivity contribution in [3.05, 3.63) is 11.4 Å². The number of aromatic nitrogens is 2. The second-order valence-corrected chi connectivity index (χ2v) is 6.07. The zero-order valence-corrected chi connectivity index (χ0v) is 13.1. The highest BCUT2D eigenvalue weighted by Gasteiger charge is 2.30. The van der Waals surface area contributed by atoms with E-state index >= 15 is 0 Å². The summed E-state index contributed by atoms with van der Waals surface area (Å²) in [4.78, 5) is 14.3. The summed E-state index contributed by atoms with van der Waals surface area (Å²) in [7, 11) is 0. The Hall–Kier alpha value is -1.40. The van der Waals surface area contributed by atoms with E-state index in [1.165, 1.54) is 25.8 Å². The summed E-state index contributed by atoms with van der Waals surface area (Å²) in [6.07, 6.45) is 4.84. The topological polar surface area (TPSA) is 70.3 Å². The smallest absolute Gasteiger partial charge is 0.148 e. The Kier molecular flexibility index (Phi) is 4.26. The molecule has 3 heterocycles. The molecule has 3 N–H and O–H groups in total. The lowest BCUT2D eigenvalue weighted by molar-refractivity contribution is 0.133. The Morgan fingerprint density at radius 1 is 1.24 bits per heavy atom. The Morgan fingerprint density at radius 3 is 2.86 bits per heavy atom. The normalized spacial score (nSPS) is 23.0. The SMILES string of the molecule is CCc1nc(NN)c(C)c(N2CCN3CCCCC3C2)n1. The third kappa shape index (κ3) is 2.82. The predicted molar refractivity (Wildman–Crippen MR) is 85.4 cm³/mol. The first kappa shape index (κ1) is 14.5. The van der Waals surface area contributed by atoms with Crippen LogP contribution in [0.15, 0.2) is 0 Å². The molecule has 116 valence electrons. The number of hydrogen-bond acceptors (Lipinski definition) is 6. The molecule has 0 amide bonds. The molecule has 1 unspecified atom stereocenters. The average Bonchev–Trinajstić information content (AvgIpc) is 2.54. The largest absolute Gasteiger partial charge is 0.353 e. The van der Waals surface area contributed by atoms with Gasteiger partial charge in [-0.1, -0.05) is 13.3 Å². The fourth-order valence-corrected chi connectivity index (χ4v) is 3.50. The lowest BCUT2D eigenvalue weighted by Gasteiger charge is -2.44. The number of piperazine rings is 1. The molecule has 1 aromatic rings. The highest BCUT2D eigenvalue weighted by molar-refractivity contribution is 5.58. The van der Waals surface area contributed by atoms with E-state index in [0.29, 0.717) is 6.04 Å². The number of nitrogens with two attached hydrogens (primary N) is 1. The molecule has 3 rings (SSSR count). The van der Waals surface area contributed by atoms with E-state index in [2.05, 4.69) is 34.1 Å². The predicted octanol–water partition coefficient (Wildman–Crippen LogP) is 1.31. The van der Waals surface area contributed by atoms with Crippen molar-refractivity contribution in [3.63, 3.8) is 0 Å². The second-order valence-electron chi connectivity index (χ2n) is 6.07. The van der Waals surface area contributed by atoms with E-state index in [4.69, 9.17) is 10.8 Å². The number of rotatable bonds is 3. The first-order chi connectivity index (χ1) is 10.2. The summed E-state index contributed by atoms with van der Waals surface area (Å²) in [5.41, 5.74) is 3.77. The molecule has 2 saturated heterocycles. The van der Waals surface area contributed by atoms with E-state index in [9.17, 15) is 0 Å². The Balaban J connectivity index is 1.86. The number of anilines is 2. The van der Waals surface area contributed by atoms with Crippen molar-refractivity contribution < 1.29 is 0 Å². The zero-order chi connectivity index (χ0) is 14.8. The molecule has 2 aliphatic heterocycles. The van der Waals surface area contributed by atoms with Crippen LogP contribution >= 0.6 is 0 Å². The van der Waals surface area contributed by atoms with Gasteiger partial charge in [0, 0.05) is 37.7 Å². The number of nitrogens with zero attached hydrogens (tertiary/aromatic N) is 4. The molecule has 1 atom stereocenters. The van der Waals surface area contributed by atoms with Gasteiger partial charge in [0.05, 0.1) is 0 Å². The standard InChI is InChI=1S/C15H26N6/c1-3-13-17-14(19-16)11(2)15(18-13)21-9-8-20-7-5-4-6-12(20)10-21/h12H,3-10,16H2,1-2H3,(H,17,18,19). The lowest BCUT2D eigenvalue weighted by atomic mass is 9.99. The Morgan fingerprint density at radius 2 is 2.10 bits per heavy atom. The molecule has 1 aromatic heterocycles. The van der Waals surface area contributed by atoms with Gasteiger partial charge in [0.2, 0.25) is 0 Å². The van der Waals surface area contributed by atoms with Gasteiger partial charge in [0.25, 0.3) is 0 Å².